The molecule has 7 nitrogen and oxygen atoms in total. The summed E-state index contributed by atoms with van der Waals surface area (Å²) in [6.07, 6.45) is 0. The summed E-state index contributed by atoms with van der Waals surface area (Å²) in [6, 6.07) is 8.65. The number of aromatic nitrogens is 3. The van der Waals surface area contributed by atoms with Gasteiger partial charge in [-0.25, -0.2) is 4.68 Å². The molecule has 0 bridgehead atoms. The van der Waals surface area contributed by atoms with Gasteiger partial charge in [0.25, 0.3) is 0 Å². The predicted octanol–water partition coefficient (Wildman–Crippen LogP) is 4.95. The van der Waals surface area contributed by atoms with E-state index in [4.69, 9.17) is 40.6 Å². The number of benzene rings is 2. The lowest BCUT2D eigenvalue weighted by Gasteiger charge is -2.09. The lowest BCUT2D eigenvalue weighted by molar-refractivity contribution is -0.113. The Morgan fingerprint density at radius 1 is 1.17 bits per heavy atom. The van der Waals surface area contributed by atoms with Crippen molar-refractivity contribution >= 4 is 58.2 Å². The number of nitrogens with one attached hydrogen (secondary N) is 1. The Kier molecular flexibility index (Phi) is 7.24. The van der Waals surface area contributed by atoms with Crippen LogP contribution in [0.5, 0.6) is 5.75 Å². The molecular formula is C17H12Cl3F2N5O2S. The number of rotatable bonds is 7. The number of hydrogen-bond acceptors (Lipinski definition) is 6. The van der Waals surface area contributed by atoms with Crippen LogP contribution in [0.25, 0.3) is 11.4 Å². The standard InChI is InChI=1S/C17H12Cl3F2N5O2S/c18-9-5-11(19)14(12(20)6-9)24-13(28)7-30-17-26-25-15(27(17)23)8-1-3-10(4-2-8)29-16(21)22/h1-6,16H,7,23H2,(H,24,28). The summed E-state index contributed by atoms with van der Waals surface area (Å²) < 4.78 is 30.0. The lowest BCUT2D eigenvalue weighted by Crippen LogP contribution is -2.17. The second kappa shape index (κ2) is 9.69. The van der Waals surface area contributed by atoms with Gasteiger partial charge in [-0.15, -0.1) is 10.2 Å². The average molecular weight is 495 g/mol. The molecule has 0 aliphatic heterocycles. The van der Waals surface area contributed by atoms with Gasteiger partial charge in [-0.1, -0.05) is 46.6 Å². The normalized spacial score (nSPS) is 11.0. The van der Waals surface area contributed by atoms with Crippen molar-refractivity contribution in [2.75, 3.05) is 16.9 Å². The van der Waals surface area contributed by atoms with Crippen LogP contribution >= 0.6 is 46.6 Å². The number of nitrogens with two attached hydrogens (primary N) is 1. The highest BCUT2D eigenvalue weighted by atomic mass is 35.5. The molecule has 3 aromatic rings. The minimum absolute atomic E-state index is 0.00243. The molecule has 0 spiro atoms. The Balaban J connectivity index is 1.65. The zero-order chi connectivity index (χ0) is 21.8. The number of nitrogens with zero attached hydrogens (tertiary/aromatic N) is 3. The van der Waals surface area contributed by atoms with Gasteiger partial charge in [0.05, 0.1) is 21.5 Å². The zero-order valence-corrected chi connectivity index (χ0v) is 17.9. The molecule has 0 aliphatic carbocycles. The van der Waals surface area contributed by atoms with Gasteiger partial charge in [-0.05, 0) is 36.4 Å². The number of anilines is 1. The van der Waals surface area contributed by atoms with E-state index in [1.54, 1.807) is 0 Å². The Morgan fingerprint density at radius 3 is 2.40 bits per heavy atom. The molecule has 1 aromatic heterocycles. The van der Waals surface area contributed by atoms with Gasteiger partial charge in [0.2, 0.25) is 11.1 Å². The van der Waals surface area contributed by atoms with Crippen LogP contribution in [0.2, 0.25) is 15.1 Å². The zero-order valence-electron chi connectivity index (χ0n) is 14.8. The van der Waals surface area contributed by atoms with Crippen molar-refractivity contribution in [2.24, 2.45) is 0 Å². The second-order valence-corrected chi connectivity index (χ2v) is 7.85. The van der Waals surface area contributed by atoms with E-state index in [0.29, 0.717) is 10.6 Å². The largest absolute Gasteiger partial charge is 0.435 e. The van der Waals surface area contributed by atoms with E-state index in [-0.39, 0.29) is 38.2 Å². The van der Waals surface area contributed by atoms with E-state index in [9.17, 15) is 13.6 Å². The van der Waals surface area contributed by atoms with Gasteiger partial charge in [0.1, 0.15) is 5.75 Å². The number of amides is 1. The number of hydrogen-bond donors (Lipinski definition) is 2. The first kappa shape index (κ1) is 22.4. The fourth-order valence-corrected chi connectivity index (χ4v) is 3.89. The van der Waals surface area contributed by atoms with Crippen molar-refractivity contribution in [2.45, 2.75) is 11.8 Å². The fraction of sp³-hybridized carbons (Fsp3) is 0.118. The maximum absolute atomic E-state index is 12.2. The Bertz CT molecular complexity index is 1040. The number of alkyl halides is 2. The Labute approximate surface area is 188 Å². The summed E-state index contributed by atoms with van der Waals surface area (Å²) >= 11 is 19.0. The smallest absolute Gasteiger partial charge is 0.387 e. The van der Waals surface area contributed by atoms with Crippen LogP contribution in [0.3, 0.4) is 0 Å². The highest BCUT2D eigenvalue weighted by Crippen LogP contribution is 2.34. The first-order chi connectivity index (χ1) is 14.2. The summed E-state index contributed by atoms with van der Waals surface area (Å²) in [6.45, 7) is -2.92. The molecule has 2 aromatic carbocycles. The van der Waals surface area contributed by atoms with Gasteiger partial charge >= 0.3 is 6.61 Å². The van der Waals surface area contributed by atoms with Crippen LogP contribution in [-0.4, -0.2) is 33.1 Å². The molecule has 0 fully saturated rings. The van der Waals surface area contributed by atoms with Gasteiger partial charge in [-0.2, -0.15) is 8.78 Å². The van der Waals surface area contributed by atoms with Gasteiger partial charge in [-0.3, -0.25) is 4.79 Å². The topological polar surface area (TPSA) is 95.1 Å². The monoisotopic (exact) mass is 493 g/mol. The molecule has 30 heavy (non-hydrogen) atoms. The first-order valence-corrected chi connectivity index (χ1v) is 10.2. The van der Waals surface area contributed by atoms with Gasteiger partial charge in [0, 0.05) is 10.6 Å². The number of nitrogen functional groups attached to an aromatic ring is 1. The van der Waals surface area contributed by atoms with E-state index in [1.165, 1.54) is 41.1 Å². The number of ether oxygens (including phenoxy) is 1. The third-order valence-corrected chi connectivity index (χ3v) is 5.36. The molecule has 0 saturated carbocycles. The summed E-state index contributed by atoms with van der Waals surface area (Å²) in [5, 5.41) is 11.5. The molecule has 158 valence electrons. The highest BCUT2D eigenvalue weighted by Gasteiger charge is 2.16. The number of halogens is 5. The second-order valence-electron chi connectivity index (χ2n) is 5.66. The lowest BCUT2D eigenvalue weighted by atomic mass is 10.2. The van der Waals surface area contributed by atoms with Crippen molar-refractivity contribution in [3.8, 4) is 17.1 Å². The number of carbonyl (C=O) groups is 1. The van der Waals surface area contributed by atoms with Crippen molar-refractivity contribution < 1.29 is 18.3 Å². The van der Waals surface area contributed by atoms with E-state index in [0.717, 1.165) is 11.8 Å². The van der Waals surface area contributed by atoms with Crippen molar-refractivity contribution in [3.05, 3.63) is 51.5 Å². The van der Waals surface area contributed by atoms with Crippen LogP contribution in [0.4, 0.5) is 14.5 Å². The maximum atomic E-state index is 12.2. The van der Waals surface area contributed by atoms with E-state index >= 15 is 0 Å². The molecule has 0 saturated heterocycles. The van der Waals surface area contributed by atoms with Crippen LogP contribution in [0.15, 0.2) is 41.6 Å². The molecule has 0 unspecified atom stereocenters. The molecule has 3 N–H and O–H groups in total. The van der Waals surface area contributed by atoms with Crippen LogP contribution < -0.4 is 15.9 Å². The summed E-state index contributed by atoms with van der Waals surface area (Å²) in [7, 11) is 0. The van der Waals surface area contributed by atoms with Gasteiger partial charge < -0.3 is 15.9 Å². The van der Waals surface area contributed by atoms with Crippen LogP contribution in [0.1, 0.15) is 0 Å². The number of thioether (sulfide) groups is 1. The van der Waals surface area contributed by atoms with Crippen LogP contribution in [0, 0.1) is 0 Å². The van der Waals surface area contributed by atoms with Crippen LogP contribution in [-0.2, 0) is 4.79 Å². The van der Waals surface area contributed by atoms with E-state index in [2.05, 4.69) is 20.3 Å². The maximum Gasteiger partial charge on any atom is 0.387 e. The third kappa shape index (κ3) is 5.45. The fourth-order valence-electron chi connectivity index (χ4n) is 2.32. The Hall–Kier alpha value is -2.27. The molecule has 0 aliphatic rings. The van der Waals surface area contributed by atoms with Gasteiger partial charge in [0.15, 0.2) is 5.82 Å². The van der Waals surface area contributed by atoms with Crippen molar-refractivity contribution in [1.82, 2.24) is 14.9 Å². The van der Waals surface area contributed by atoms with E-state index in [1.807, 2.05) is 0 Å². The summed E-state index contributed by atoms with van der Waals surface area (Å²) in [4.78, 5) is 12.2. The average Bonchev–Trinajstić information content (AvgIpc) is 3.03. The van der Waals surface area contributed by atoms with E-state index < -0.39 is 12.5 Å². The predicted molar refractivity (Wildman–Crippen MR) is 113 cm³/mol. The summed E-state index contributed by atoms with van der Waals surface area (Å²) in [5.74, 6) is 5.83. The minimum atomic E-state index is -2.92. The Morgan fingerprint density at radius 2 is 1.80 bits per heavy atom. The number of carbonyl (C=O) groups excluding carboxylic acids is 1. The SMILES string of the molecule is Nn1c(SCC(=O)Nc2c(Cl)cc(Cl)cc2Cl)nnc1-c1ccc(OC(F)F)cc1. The van der Waals surface area contributed by atoms with Crippen molar-refractivity contribution in [3.63, 3.8) is 0 Å². The molecule has 0 atom stereocenters. The third-order valence-electron chi connectivity index (χ3n) is 3.61. The molecular weight excluding hydrogens is 483 g/mol. The molecule has 1 amide bonds. The quantitative estimate of drug-likeness (QED) is 0.356. The minimum Gasteiger partial charge on any atom is -0.435 e. The van der Waals surface area contributed by atoms with Crippen molar-refractivity contribution in [1.29, 1.82) is 0 Å². The molecule has 0 radical (unpaired) electrons. The first-order valence-electron chi connectivity index (χ1n) is 8.07. The molecule has 13 heteroatoms. The summed E-state index contributed by atoms with van der Waals surface area (Å²) in [5.41, 5.74) is 0.775. The highest BCUT2D eigenvalue weighted by molar-refractivity contribution is 7.99. The molecule has 3 rings (SSSR count). The molecule has 1 heterocycles.